The lowest BCUT2D eigenvalue weighted by atomic mass is 9.58. The first-order valence-electron chi connectivity index (χ1n) is 9.82. The van der Waals surface area contributed by atoms with Gasteiger partial charge in [0.2, 0.25) is 0 Å². The van der Waals surface area contributed by atoms with Gasteiger partial charge in [-0.1, -0.05) is 13.8 Å². The first kappa shape index (κ1) is 16.8. The summed E-state index contributed by atoms with van der Waals surface area (Å²) >= 11 is 0. The maximum absolute atomic E-state index is 6.33. The highest BCUT2D eigenvalue weighted by Gasteiger charge is 2.50. The van der Waals surface area contributed by atoms with Crippen molar-refractivity contribution in [3.8, 4) is 0 Å². The van der Waals surface area contributed by atoms with Crippen molar-refractivity contribution in [2.24, 2.45) is 17.3 Å². The van der Waals surface area contributed by atoms with Crippen molar-refractivity contribution >= 4 is 0 Å². The van der Waals surface area contributed by atoms with Crippen LogP contribution in [0.2, 0.25) is 0 Å². The fraction of sp³-hybridized carbons (Fsp3) is 1.00. The maximum atomic E-state index is 6.33. The van der Waals surface area contributed by atoms with Crippen LogP contribution in [0, 0.1) is 17.3 Å². The zero-order valence-electron chi connectivity index (χ0n) is 15.4. The van der Waals surface area contributed by atoms with Crippen molar-refractivity contribution in [3.63, 3.8) is 0 Å². The molecule has 4 fully saturated rings. The molecule has 22 heavy (non-hydrogen) atoms. The molecule has 0 radical (unpaired) electrons. The highest BCUT2D eigenvalue weighted by Crippen LogP contribution is 2.54. The van der Waals surface area contributed by atoms with Crippen LogP contribution in [0.1, 0.15) is 79.1 Å². The van der Waals surface area contributed by atoms with Gasteiger partial charge in [0.1, 0.15) is 0 Å². The minimum Gasteiger partial charge on any atom is -0.372 e. The summed E-state index contributed by atoms with van der Waals surface area (Å²) in [7, 11) is 0. The smallest absolute Gasteiger partial charge is 0.0686 e. The number of rotatable bonds is 5. The maximum Gasteiger partial charge on any atom is 0.0686 e. The van der Waals surface area contributed by atoms with Crippen LogP contribution in [0.15, 0.2) is 0 Å². The van der Waals surface area contributed by atoms with Crippen LogP contribution in [-0.4, -0.2) is 36.2 Å². The van der Waals surface area contributed by atoms with E-state index in [9.17, 15) is 0 Å². The summed E-state index contributed by atoms with van der Waals surface area (Å²) in [6.45, 7) is 13.3. The molecular formula is C20H37NO. The number of piperidine rings is 1. The number of likely N-dealkylation sites (tertiary alicyclic amines) is 1. The number of fused-ring (bicyclic) bond motifs is 3. The van der Waals surface area contributed by atoms with Gasteiger partial charge < -0.3 is 9.64 Å². The Bertz CT molecular complexity index is 343. The fourth-order valence-electron chi connectivity index (χ4n) is 5.39. The van der Waals surface area contributed by atoms with E-state index in [4.69, 9.17) is 4.74 Å². The predicted molar refractivity (Wildman–Crippen MR) is 93.1 cm³/mol. The topological polar surface area (TPSA) is 12.5 Å². The lowest BCUT2D eigenvalue weighted by Crippen LogP contribution is -2.53. The minimum absolute atomic E-state index is 0.251. The molecule has 3 aliphatic carbocycles. The predicted octanol–water partition coefficient (Wildman–Crippen LogP) is 4.87. The van der Waals surface area contributed by atoms with Crippen molar-refractivity contribution in [1.82, 2.24) is 4.90 Å². The minimum atomic E-state index is 0.251. The zero-order chi connectivity index (χ0) is 15.8. The number of hydrogen-bond donors (Lipinski definition) is 0. The first-order chi connectivity index (χ1) is 10.4. The van der Waals surface area contributed by atoms with Crippen molar-refractivity contribution in [1.29, 1.82) is 0 Å². The highest BCUT2D eigenvalue weighted by molar-refractivity contribution is 5.02. The molecule has 1 heterocycles. The van der Waals surface area contributed by atoms with E-state index >= 15 is 0 Å². The van der Waals surface area contributed by atoms with Gasteiger partial charge in [-0.15, -0.1) is 0 Å². The van der Waals surface area contributed by atoms with E-state index in [1.165, 1.54) is 71.0 Å². The molecular weight excluding hydrogens is 270 g/mol. The molecule has 4 aliphatic rings. The Balaban J connectivity index is 1.51. The summed E-state index contributed by atoms with van der Waals surface area (Å²) in [5, 5.41) is 0. The van der Waals surface area contributed by atoms with Crippen molar-refractivity contribution in [2.75, 3.05) is 19.6 Å². The molecule has 3 saturated carbocycles. The summed E-state index contributed by atoms with van der Waals surface area (Å²) < 4.78 is 6.33. The van der Waals surface area contributed by atoms with Gasteiger partial charge >= 0.3 is 0 Å². The Morgan fingerprint density at radius 3 is 1.91 bits per heavy atom. The molecule has 0 atom stereocenters. The van der Waals surface area contributed by atoms with E-state index < -0.39 is 0 Å². The average molecular weight is 308 g/mol. The number of ether oxygens (including phenoxy) is 1. The Labute approximate surface area is 138 Å². The van der Waals surface area contributed by atoms with Crippen LogP contribution in [0.4, 0.5) is 0 Å². The molecule has 0 aromatic rings. The van der Waals surface area contributed by atoms with Gasteiger partial charge in [-0.05, 0) is 95.6 Å². The normalized spacial score (nSPS) is 37.4. The molecule has 2 nitrogen and oxygen atoms in total. The van der Waals surface area contributed by atoms with Crippen LogP contribution in [0.25, 0.3) is 0 Å². The fourth-order valence-corrected chi connectivity index (χ4v) is 5.39. The van der Waals surface area contributed by atoms with Gasteiger partial charge in [0.25, 0.3) is 0 Å². The SMILES string of the molecule is CC(C)OC12CCC(CN3CCC(C(C)C)CC3)(CC1)CC2. The van der Waals surface area contributed by atoms with Gasteiger partial charge in [-0.3, -0.25) is 0 Å². The summed E-state index contributed by atoms with van der Waals surface area (Å²) in [5.74, 6) is 1.84. The summed E-state index contributed by atoms with van der Waals surface area (Å²) in [4.78, 5) is 2.79. The molecule has 2 heteroatoms. The van der Waals surface area contributed by atoms with Gasteiger partial charge in [0, 0.05) is 6.54 Å². The average Bonchev–Trinajstić information content (AvgIpc) is 2.49. The van der Waals surface area contributed by atoms with E-state index in [0.29, 0.717) is 11.5 Å². The molecule has 0 spiro atoms. The Kier molecular flexibility index (Phi) is 4.90. The van der Waals surface area contributed by atoms with E-state index in [0.717, 1.165) is 11.8 Å². The van der Waals surface area contributed by atoms with E-state index in [-0.39, 0.29) is 5.60 Å². The van der Waals surface area contributed by atoms with Gasteiger partial charge in [0.15, 0.2) is 0 Å². The van der Waals surface area contributed by atoms with Gasteiger partial charge in [0.05, 0.1) is 11.7 Å². The van der Waals surface area contributed by atoms with Crippen molar-refractivity contribution in [3.05, 3.63) is 0 Å². The molecule has 0 amide bonds. The van der Waals surface area contributed by atoms with Gasteiger partial charge in [-0.25, -0.2) is 0 Å². The second-order valence-electron chi connectivity index (χ2n) is 9.21. The lowest BCUT2D eigenvalue weighted by molar-refractivity contribution is -0.161. The largest absolute Gasteiger partial charge is 0.372 e. The van der Waals surface area contributed by atoms with E-state index in [2.05, 4.69) is 32.6 Å². The third-order valence-electron chi connectivity index (χ3n) is 6.95. The lowest BCUT2D eigenvalue weighted by Gasteiger charge is -2.55. The van der Waals surface area contributed by atoms with Crippen LogP contribution in [0.3, 0.4) is 0 Å². The number of hydrogen-bond acceptors (Lipinski definition) is 2. The van der Waals surface area contributed by atoms with Crippen LogP contribution in [0.5, 0.6) is 0 Å². The van der Waals surface area contributed by atoms with Crippen LogP contribution in [-0.2, 0) is 4.74 Å². The zero-order valence-corrected chi connectivity index (χ0v) is 15.4. The monoisotopic (exact) mass is 307 g/mol. The van der Waals surface area contributed by atoms with Crippen LogP contribution < -0.4 is 0 Å². The van der Waals surface area contributed by atoms with Crippen molar-refractivity contribution < 1.29 is 4.74 Å². The van der Waals surface area contributed by atoms with Crippen molar-refractivity contribution in [2.45, 2.75) is 90.8 Å². The summed E-state index contributed by atoms with van der Waals surface area (Å²) in [6, 6.07) is 0. The molecule has 0 N–H and O–H groups in total. The Hall–Kier alpha value is -0.0800. The standard InChI is InChI=1S/C20H37NO/c1-16(2)18-5-13-21(14-6-18)15-19-7-10-20(11-8-19,12-9-19)22-17(3)4/h16-18H,5-15H2,1-4H3. The second kappa shape index (κ2) is 6.43. The quantitative estimate of drug-likeness (QED) is 0.718. The summed E-state index contributed by atoms with van der Waals surface area (Å²) in [6.07, 6.45) is 11.4. The molecule has 2 bridgehead atoms. The molecule has 4 rings (SSSR count). The molecule has 0 aromatic heterocycles. The number of nitrogens with zero attached hydrogens (tertiary/aromatic N) is 1. The first-order valence-corrected chi connectivity index (χ1v) is 9.82. The third kappa shape index (κ3) is 3.53. The summed E-state index contributed by atoms with van der Waals surface area (Å²) in [5.41, 5.74) is 0.882. The molecule has 0 unspecified atom stereocenters. The highest BCUT2D eigenvalue weighted by atomic mass is 16.5. The second-order valence-corrected chi connectivity index (χ2v) is 9.21. The molecule has 1 aliphatic heterocycles. The molecule has 128 valence electrons. The Morgan fingerprint density at radius 2 is 1.45 bits per heavy atom. The Morgan fingerprint density at radius 1 is 0.909 bits per heavy atom. The molecule has 1 saturated heterocycles. The van der Waals surface area contributed by atoms with Crippen LogP contribution >= 0.6 is 0 Å². The molecule has 0 aromatic carbocycles. The van der Waals surface area contributed by atoms with Gasteiger partial charge in [-0.2, -0.15) is 0 Å². The van der Waals surface area contributed by atoms with E-state index in [1.54, 1.807) is 0 Å². The van der Waals surface area contributed by atoms with E-state index in [1.807, 2.05) is 0 Å². The third-order valence-corrected chi connectivity index (χ3v) is 6.95.